The van der Waals surface area contributed by atoms with Gasteiger partial charge in [0, 0.05) is 5.75 Å². The smallest absolute Gasteiger partial charge is 0.383 e. The van der Waals surface area contributed by atoms with Crippen molar-refractivity contribution in [1.82, 2.24) is 0 Å². The van der Waals surface area contributed by atoms with Crippen LogP contribution in [0, 0.1) is 6.92 Å². The summed E-state index contributed by atoms with van der Waals surface area (Å²) in [6.45, 7) is 1.84. The third kappa shape index (κ3) is 5.60. The second kappa shape index (κ2) is 7.19. The molecule has 0 aliphatic rings. The number of halogens is 4. The standard InChI is InChI=1S/C12H13ClF3NO2S/c1-7-2-3-9(8(13)4-7)17-11(19)6-20-5-10(18)12(14,15)16/h2-4,10,18H,5-6H2,1H3,(H,17,19). The Morgan fingerprint density at radius 3 is 2.70 bits per heavy atom. The van der Waals surface area contributed by atoms with E-state index in [4.69, 9.17) is 16.7 Å². The molecule has 0 saturated heterocycles. The van der Waals surface area contributed by atoms with Crippen LogP contribution < -0.4 is 5.32 Å². The summed E-state index contributed by atoms with van der Waals surface area (Å²) < 4.78 is 36.1. The minimum absolute atomic E-state index is 0.197. The number of alkyl halides is 3. The summed E-state index contributed by atoms with van der Waals surface area (Å²) in [7, 11) is 0. The molecule has 0 bridgehead atoms. The van der Waals surface area contributed by atoms with Crippen molar-refractivity contribution < 1.29 is 23.1 Å². The Morgan fingerprint density at radius 2 is 2.15 bits per heavy atom. The first-order valence-electron chi connectivity index (χ1n) is 5.58. The van der Waals surface area contributed by atoms with Crippen molar-refractivity contribution in [1.29, 1.82) is 0 Å². The van der Waals surface area contributed by atoms with Gasteiger partial charge in [0.1, 0.15) is 0 Å². The molecular weight excluding hydrogens is 315 g/mol. The Hall–Kier alpha value is -0.920. The quantitative estimate of drug-likeness (QED) is 0.873. The first-order chi connectivity index (χ1) is 9.20. The van der Waals surface area contributed by atoms with Gasteiger partial charge in [0.15, 0.2) is 6.10 Å². The number of aryl methyl sites for hydroxylation is 1. The number of hydrogen-bond donors (Lipinski definition) is 2. The van der Waals surface area contributed by atoms with Gasteiger partial charge in [-0.2, -0.15) is 13.2 Å². The molecule has 8 heteroatoms. The van der Waals surface area contributed by atoms with Gasteiger partial charge < -0.3 is 10.4 Å². The highest BCUT2D eigenvalue weighted by Gasteiger charge is 2.37. The highest BCUT2D eigenvalue weighted by molar-refractivity contribution is 8.00. The van der Waals surface area contributed by atoms with Gasteiger partial charge in [0.25, 0.3) is 0 Å². The van der Waals surface area contributed by atoms with Crippen LogP contribution >= 0.6 is 23.4 Å². The Bertz CT molecular complexity index is 482. The summed E-state index contributed by atoms with van der Waals surface area (Å²) in [6, 6.07) is 5.03. The van der Waals surface area contributed by atoms with Crippen LogP contribution in [0.1, 0.15) is 5.56 Å². The Kier molecular flexibility index (Phi) is 6.16. The molecule has 2 N–H and O–H groups in total. The molecule has 1 atom stereocenters. The van der Waals surface area contributed by atoms with Crippen LogP contribution in [0.15, 0.2) is 18.2 Å². The molecule has 0 spiro atoms. The zero-order valence-corrected chi connectivity index (χ0v) is 12.1. The largest absolute Gasteiger partial charge is 0.415 e. The van der Waals surface area contributed by atoms with Gasteiger partial charge in [-0.05, 0) is 24.6 Å². The van der Waals surface area contributed by atoms with Gasteiger partial charge in [0.2, 0.25) is 5.91 Å². The molecule has 0 aliphatic heterocycles. The molecule has 0 aliphatic carbocycles. The number of carbonyl (C=O) groups is 1. The molecule has 112 valence electrons. The zero-order chi connectivity index (χ0) is 15.3. The summed E-state index contributed by atoms with van der Waals surface area (Å²) in [5.41, 5.74) is 1.33. The maximum atomic E-state index is 12.0. The van der Waals surface area contributed by atoms with Crippen LogP contribution in [0.4, 0.5) is 18.9 Å². The van der Waals surface area contributed by atoms with E-state index in [-0.39, 0.29) is 5.75 Å². The van der Waals surface area contributed by atoms with E-state index in [9.17, 15) is 18.0 Å². The van der Waals surface area contributed by atoms with Crippen molar-refractivity contribution in [3.8, 4) is 0 Å². The number of aliphatic hydroxyl groups is 1. The predicted octanol–water partition coefficient (Wildman–Crippen LogP) is 3.24. The van der Waals surface area contributed by atoms with E-state index in [0.717, 1.165) is 5.56 Å². The summed E-state index contributed by atoms with van der Waals surface area (Å²) in [6.07, 6.45) is -7.09. The summed E-state index contributed by atoms with van der Waals surface area (Å²) >= 11 is 6.61. The lowest BCUT2D eigenvalue weighted by Crippen LogP contribution is -2.31. The van der Waals surface area contributed by atoms with Gasteiger partial charge in [-0.25, -0.2) is 0 Å². The molecule has 20 heavy (non-hydrogen) atoms. The lowest BCUT2D eigenvalue weighted by Gasteiger charge is -2.13. The normalized spacial score (nSPS) is 13.1. The van der Waals surface area contributed by atoms with Gasteiger partial charge in [-0.15, -0.1) is 11.8 Å². The highest BCUT2D eigenvalue weighted by atomic mass is 35.5. The second-order valence-electron chi connectivity index (χ2n) is 4.10. The lowest BCUT2D eigenvalue weighted by atomic mass is 10.2. The van der Waals surface area contributed by atoms with Gasteiger partial charge in [-0.1, -0.05) is 17.7 Å². The molecular formula is C12H13ClF3NO2S. The number of aliphatic hydroxyl groups excluding tert-OH is 1. The Balaban J connectivity index is 2.41. The third-order valence-electron chi connectivity index (χ3n) is 2.29. The fourth-order valence-corrected chi connectivity index (χ4v) is 2.34. The maximum Gasteiger partial charge on any atom is 0.415 e. The predicted molar refractivity (Wildman–Crippen MR) is 74.2 cm³/mol. The lowest BCUT2D eigenvalue weighted by molar-refractivity contribution is -0.195. The number of benzene rings is 1. The van der Waals surface area contributed by atoms with E-state index in [0.29, 0.717) is 22.5 Å². The summed E-state index contributed by atoms with van der Waals surface area (Å²) in [4.78, 5) is 11.5. The minimum Gasteiger partial charge on any atom is -0.383 e. The SMILES string of the molecule is Cc1ccc(NC(=O)CSCC(O)C(F)(F)F)c(Cl)c1. The van der Waals surface area contributed by atoms with Crippen molar-refractivity contribution in [3.63, 3.8) is 0 Å². The molecule has 1 unspecified atom stereocenters. The number of nitrogens with one attached hydrogen (secondary N) is 1. The van der Waals surface area contributed by atoms with Crippen LogP contribution in [0.5, 0.6) is 0 Å². The number of amides is 1. The molecule has 1 amide bonds. The third-order valence-corrected chi connectivity index (χ3v) is 3.62. The van der Waals surface area contributed by atoms with E-state index in [1.54, 1.807) is 18.2 Å². The van der Waals surface area contributed by atoms with E-state index in [1.807, 2.05) is 6.92 Å². The average Bonchev–Trinajstić information content (AvgIpc) is 2.31. The van der Waals surface area contributed by atoms with Crippen molar-refractivity contribution in [2.45, 2.75) is 19.2 Å². The molecule has 3 nitrogen and oxygen atoms in total. The molecule has 0 saturated carbocycles. The van der Waals surface area contributed by atoms with Crippen LogP contribution in [0.25, 0.3) is 0 Å². The highest BCUT2D eigenvalue weighted by Crippen LogP contribution is 2.24. The van der Waals surface area contributed by atoms with Crippen LogP contribution in [-0.4, -0.2) is 34.8 Å². The molecule has 0 radical (unpaired) electrons. The van der Waals surface area contributed by atoms with Crippen molar-refractivity contribution >= 4 is 35.0 Å². The number of anilines is 1. The molecule has 0 aromatic heterocycles. The Labute approximate surface area is 123 Å². The number of thioether (sulfide) groups is 1. The molecule has 1 aromatic carbocycles. The molecule has 0 heterocycles. The number of carbonyl (C=O) groups excluding carboxylic acids is 1. The molecule has 0 fully saturated rings. The average molecular weight is 328 g/mol. The number of hydrogen-bond acceptors (Lipinski definition) is 3. The van der Waals surface area contributed by atoms with Crippen LogP contribution in [0.3, 0.4) is 0 Å². The van der Waals surface area contributed by atoms with Crippen molar-refractivity contribution in [3.05, 3.63) is 28.8 Å². The fraction of sp³-hybridized carbons (Fsp3) is 0.417. The first kappa shape index (κ1) is 17.1. The second-order valence-corrected chi connectivity index (χ2v) is 5.54. The molecule has 1 aromatic rings. The van der Waals surface area contributed by atoms with Gasteiger partial charge in [-0.3, -0.25) is 4.79 Å². The summed E-state index contributed by atoms with van der Waals surface area (Å²) in [5.74, 6) is -1.26. The Morgan fingerprint density at radius 1 is 1.50 bits per heavy atom. The van der Waals surface area contributed by atoms with Crippen LogP contribution in [0.2, 0.25) is 5.02 Å². The fourth-order valence-electron chi connectivity index (χ4n) is 1.27. The topological polar surface area (TPSA) is 49.3 Å². The summed E-state index contributed by atoms with van der Waals surface area (Å²) in [5, 5.41) is 11.6. The van der Waals surface area contributed by atoms with Crippen molar-refractivity contribution in [2.75, 3.05) is 16.8 Å². The van der Waals surface area contributed by atoms with Gasteiger partial charge in [0.05, 0.1) is 16.5 Å². The zero-order valence-electron chi connectivity index (χ0n) is 10.5. The van der Waals surface area contributed by atoms with Gasteiger partial charge >= 0.3 is 6.18 Å². The maximum absolute atomic E-state index is 12.0. The van der Waals surface area contributed by atoms with Crippen LogP contribution in [-0.2, 0) is 4.79 Å². The van der Waals surface area contributed by atoms with Crippen molar-refractivity contribution in [2.24, 2.45) is 0 Å². The van der Waals surface area contributed by atoms with E-state index in [2.05, 4.69) is 5.32 Å². The minimum atomic E-state index is -4.66. The molecule has 1 rings (SSSR count). The van der Waals surface area contributed by atoms with E-state index >= 15 is 0 Å². The number of rotatable bonds is 5. The monoisotopic (exact) mass is 327 g/mol. The first-order valence-corrected chi connectivity index (χ1v) is 7.12. The van der Waals surface area contributed by atoms with E-state index < -0.39 is 23.9 Å². The van der Waals surface area contributed by atoms with E-state index in [1.165, 1.54) is 0 Å².